The molecule has 0 radical (unpaired) electrons. The van der Waals surface area contributed by atoms with Crippen molar-refractivity contribution in [2.75, 3.05) is 6.61 Å². The van der Waals surface area contributed by atoms with Gasteiger partial charge in [0.25, 0.3) is 0 Å². The Kier molecular flexibility index (Phi) is 1.77. The summed E-state index contributed by atoms with van der Waals surface area (Å²) >= 11 is 0. The minimum atomic E-state index is 0.326. The molecule has 0 aromatic carbocycles. The van der Waals surface area contributed by atoms with E-state index in [9.17, 15) is 0 Å². The zero-order chi connectivity index (χ0) is 11.0. The molecule has 1 heteroatoms. The van der Waals surface area contributed by atoms with Crippen molar-refractivity contribution in [2.24, 2.45) is 29.1 Å². The summed E-state index contributed by atoms with van der Waals surface area (Å²) in [6.45, 7) is 5.98. The van der Waals surface area contributed by atoms with Crippen LogP contribution >= 0.6 is 0 Å². The predicted molar refractivity (Wildman–Crippen MR) is 64.1 cm³/mol. The van der Waals surface area contributed by atoms with Crippen molar-refractivity contribution in [3.63, 3.8) is 0 Å². The molecule has 1 aliphatic heterocycles. The van der Waals surface area contributed by atoms with Gasteiger partial charge in [0.05, 0.1) is 12.2 Å². The summed E-state index contributed by atoms with van der Waals surface area (Å²) in [6.07, 6.45) is 8.88. The van der Waals surface area contributed by atoms with E-state index in [4.69, 9.17) is 4.74 Å². The maximum Gasteiger partial charge on any atom is 0.0949 e. The van der Waals surface area contributed by atoms with Gasteiger partial charge in [-0.15, -0.1) is 0 Å². The Balaban J connectivity index is 1.72. The van der Waals surface area contributed by atoms with Gasteiger partial charge in [0.2, 0.25) is 0 Å². The molecule has 4 atom stereocenters. The summed E-state index contributed by atoms with van der Waals surface area (Å²) in [6, 6.07) is 0. The van der Waals surface area contributed by atoms with E-state index in [-0.39, 0.29) is 0 Å². The minimum Gasteiger partial charge on any atom is -0.369 e. The number of epoxide rings is 1. The smallest absolute Gasteiger partial charge is 0.0949 e. The Labute approximate surface area is 98.9 Å². The number of hydrogen-bond acceptors (Lipinski definition) is 1. The lowest BCUT2D eigenvalue weighted by Crippen LogP contribution is -2.56. The Morgan fingerprint density at radius 2 is 1.75 bits per heavy atom. The lowest BCUT2D eigenvalue weighted by atomic mass is 9.43. The highest BCUT2D eigenvalue weighted by Gasteiger charge is 2.65. The molecule has 5 rings (SSSR count). The average Bonchev–Trinajstić information content (AvgIpc) is 2.95. The fraction of sp³-hybridized carbons (Fsp3) is 1.00. The third kappa shape index (κ3) is 1.11. The molecule has 0 N–H and O–H groups in total. The van der Waals surface area contributed by atoms with Gasteiger partial charge in [0.1, 0.15) is 0 Å². The summed E-state index contributed by atoms with van der Waals surface area (Å²) in [5.41, 5.74) is 0.966. The highest BCUT2D eigenvalue weighted by Crippen LogP contribution is 2.67. The standard InChI is InChI=1S/C15H24O/c1-3-15(9-16-15)13-12-5-10-4-11(6-12)8-14(13,2)7-10/h10-13H,3-9H2,1-2H3. The molecular formula is C15H24O. The SMILES string of the molecule is CCC1(C2C3CC4CC(C3)CC2(C)C4)CO1. The van der Waals surface area contributed by atoms with Crippen molar-refractivity contribution >= 4 is 0 Å². The van der Waals surface area contributed by atoms with E-state index in [1.165, 1.54) is 32.1 Å². The van der Waals surface area contributed by atoms with E-state index in [2.05, 4.69) is 13.8 Å². The molecule has 0 aromatic rings. The van der Waals surface area contributed by atoms with Crippen molar-refractivity contribution in [1.29, 1.82) is 0 Å². The van der Waals surface area contributed by atoms with Gasteiger partial charge in [-0.05, 0) is 67.6 Å². The van der Waals surface area contributed by atoms with E-state index < -0.39 is 0 Å². The van der Waals surface area contributed by atoms with Crippen LogP contribution in [0.4, 0.5) is 0 Å². The molecule has 4 aliphatic carbocycles. The summed E-state index contributed by atoms with van der Waals surface area (Å²) in [4.78, 5) is 0. The van der Waals surface area contributed by atoms with Gasteiger partial charge in [-0.2, -0.15) is 0 Å². The first-order valence-corrected chi connectivity index (χ1v) is 7.29. The van der Waals surface area contributed by atoms with Gasteiger partial charge >= 0.3 is 0 Å². The summed E-state index contributed by atoms with van der Waals surface area (Å²) in [5, 5.41) is 0. The Morgan fingerprint density at radius 1 is 1.12 bits per heavy atom. The van der Waals surface area contributed by atoms with Gasteiger partial charge in [-0.1, -0.05) is 13.8 Å². The van der Waals surface area contributed by atoms with Crippen LogP contribution in [0.15, 0.2) is 0 Å². The third-order valence-electron chi connectivity index (χ3n) is 6.35. The molecule has 1 heterocycles. The van der Waals surface area contributed by atoms with Gasteiger partial charge < -0.3 is 4.74 Å². The molecule has 90 valence electrons. The number of ether oxygens (including phenoxy) is 1. The molecule has 4 bridgehead atoms. The van der Waals surface area contributed by atoms with Crippen LogP contribution in [0, 0.1) is 29.1 Å². The van der Waals surface area contributed by atoms with Crippen LogP contribution in [-0.2, 0) is 4.74 Å². The van der Waals surface area contributed by atoms with E-state index in [1.807, 2.05) is 0 Å². The minimum absolute atomic E-state index is 0.326. The van der Waals surface area contributed by atoms with Crippen molar-refractivity contribution in [2.45, 2.75) is 58.0 Å². The van der Waals surface area contributed by atoms with Gasteiger partial charge in [-0.3, -0.25) is 0 Å². The lowest BCUT2D eigenvalue weighted by Gasteiger charge is -2.61. The van der Waals surface area contributed by atoms with Crippen molar-refractivity contribution in [3.8, 4) is 0 Å². The quantitative estimate of drug-likeness (QED) is 0.647. The predicted octanol–water partition coefficient (Wildman–Crippen LogP) is 3.63. The maximum atomic E-state index is 5.94. The number of rotatable bonds is 2. The van der Waals surface area contributed by atoms with Gasteiger partial charge in [0, 0.05) is 0 Å². The van der Waals surface area contributed by atoms with Crippen LogP contribution in [0.5, 0.6) is 0 Å². The highest BCUT2D eigenvalue weighted by molar-refractivity contribution is 5.13. The Morgan fingerprint density at radius 3 is 2.19 bits per heavy atom. The first-order valence-electron chi connectivity index (χ1n) is 7.29. The summed E-state index contributed by atoms with van der Waals surface area (Å²) in [7, 11) is 0. The van der Waals surface area contributed by atoms with Crippen molar-refractivity contribution < 1.29 is 4.74 Å². The largest absolute Gasteiger partial charge is 0.369 e. The monoisotopic (exact) mass is 220 g/mol. The van der Waals surface area contributed by atoms with Crippen LogP contribution in [0.25, 0.3) is 0 Å². The zero-order valence-electron chi connectivity index (χ0n) is 10.7. The van der Waals surface area contributed by atoms with E-state index in [0.29, 0.717) is 11.0 Å². The molecule has 1 saturated heterocycles. The van der Waals surface area contributed by atoms with E-state index in [0.717, 1.165) is 30.3 Å². The van der Waals surface area contributed by atoms with Gasteiger partial charge in [0.15, 0.2) is 0 Å². The van der Waals surface area contributed by atoms with E-state index in [1.54, 1.807) is 6.42 Å². The van der Waals surface area contributed by atoms with Crippen LogP contribution in [0.1, 0.15) is 52.4 Å². The topological polar surface area (TPSA) is 12.5 Å². The molecule has 5 fully saturated rings. The van der Waals surface area contributed by atoms with Crippen LogP contribution < -0.4 is 0 Å². The molecule has 4 unspecified atom stereocenters. The third-order valence-corrected chi connectivity index (χ3v) is 6.35. The zero-order valence-corrected chi connectivity index (χ0v) is 10.7. The molecule has 0 amide bonds. The Bertz CT molecular complexity index is 303. The highest BCUT2D eigenvalue weighted by atomic mass is 16.6. The molecule has 0 spiro atoms. The fourth-order valence-corrected chi connectivity index (χ4v) is 6.21. The fourth-order valence-electron chi connectivity index (χ4n) is 6.21. The molecule has 5 aliphatic rings. The molecular weight excluding hydrogens is 196 g/mol. The molecule has 16 heavy (non-hydrogen) atoms. The molecule has 1 nitrogen and oxygen atoms in total. The normalized spacial score (nSPS) is 62.6. The summed E-state index contributed by atoms with van der Waals surface area (Å²) in [5.74, 6) is 4.06. The van der Waals surface area contributed by atoms with Gasteiger partial charge in [-0.25, -0.2) is 0 Å². The molecule has 4 saturated carbocycles. The lowest BCUT2D eigenvalue weighted by molar-refractivity contribution is -0.128. The average molecular weight is 220 g/mol. The van der Waals surface area contributed by atoms with Crippen LogP contribution in [0.2, 0.25) is 0 Å². The second-order valence-corrected chi connectivity index (χ2v) is 7.45. The molecule has 0 aromatic heterocycles. The maximum absolute atomic E-state index is 5.94. The van der Waals surface area contributed by atoms with Crippen molar-refractivity contribution in [1.82, 2.24) is 0 Å². The summed E-state index contributed by atoms with van der Waals surface area (Å²) < 4.78 is 5.94. The van der Waals surface area contributed by atoms with Crippen molar-refractivity contribution in [3.05, 3.63) is 0 Å². The first kappa shape index (κ1) is 9.94. The Hall–Kier alpha value is -0.0400. The second-order valence-electron chi connectivity index (χ2n) is 7.45. The van der Waals surface area contributed by atoms with Crippen LogP contribution in [-0.4, -0.2) is 12.2 Å². The second kappa shape index (κ2) is 2.85. The van der Waals surface area contributed by atoms with Crippen LogP contribution in [0.3, 0.4) is 0 Å². The number of hydrogen-bond donors (Lipinski definition) is 0. The van der Waals surface area contributed by atoms with E-state index >= 15 is 0 Å². The first-order chi connectivity index (χ1) is 7.65.